The quantitative estimate of drug-likeness (QED) is 0.842. The third kappa shape index (κ3) is 1.89. The topological polar surface area (TPSA) is 26.0 Å². The molecule has 5 heteroatoms. The second-order valence-electron chi connectivity index (χ2n) is 2.97. The molecule has 2 rings (SSSR count). The Bertz CT molecular complexity index is 510. The van der Waals surface area contributed by atoms with Gasteiger partial charge in [0.15, 0.2) is 11.6 Å². The summed E-state index contributed by atoms with van der Waals surface area (Å²) in [5.74, 6) is -1.72. The molecule has 0 atom stereocenters. The van der Waals surface area contributed by atoms with Crippen LogP contribution in [0.4, 0.5) is 14.5 Å². The first-order valence-electron chi connectivity index (χ1n) is 4.07. The van der Waals surface area contributed by atoms with E-state index in [2.05, 4.69) is 15.9 Å². The standard InChI is InChI=1S/C10H6BrF2NS/c11-10-9(14)6(4-15-10)5-1-2-7(12)8(13)3-5/h1-4H,14H2. The van der Waals surface area contributed by atoms with Crippen LogP contribution in [0.1, 0.15) is 0 Å². The zero-order valence-electron chi connectivity index (χ0n) is 7.43. The molecule has 0 fully saturated rings. The van der Waals surface area contributed by atoms with Crippen LogP contribution in [0.2, 0.25) is 0 Å². The fourth-order valence-electron chi connectivity index (χ4n) is 1.23. The molecule has 0 saturated heterocycles. The molecule has 0 aliphatic carbocycles. The minimum Gasteiger partial charge on any atom is -0.397 e. The number of anilines is 1. The van der Waals surface area contributed by atoms with Crippen LogP contribution < -0.4 is 5.73 Å². The fraction of sp³-hybridized carbons (Fsp3) is 0. The Hall–Kier alpha value is -0.940. The number of rotatable bonds is 1. The first-order chi connectivity index (χ1) is 7.09. The van der Waals surface area contributed by atoms with E-state index in [0.717, 1.165) is 15.9 Å². The van der Waals surface area contributed by atoms with E-state index in [0.29, 0.717) is 16.8 Å². The zero-order valence-corrected chi connectivity index (χ0v) is 9.83. The maximum Gasteiger partial charge on any atom is 0.159 e. The van der Waals surface area contributed by atoms with Crippen molar-refractivity contribution in [2.24, 2.45) is 0 Å². The Morgan fingerprint density at radius 3 is 2.47 bits per heavy atom. The predicted molar refractivity (Wildman–Crippen MR) is 61.8 cm³/mol. The van der Waals surface area contributed by atoms with E-state index in [1.165, 1.54) is 17.4 Å². The Morgan fingerprint density at radius 1 is 1.20 bits per heavy atom. The van der Waals surface area contributed by atoms with Crippen LogP contribution in [-0.2, 0) is 0 Å². The lowest BCUT2D eigenvalue weighted by molar-refractivity contribution is 0.509. The van der Waals surface area contributed by atoms with Gasteiger partial charge in [0.05, 0.1) is 9.47 Å². The van der Waals surface area contributed by atoms with E-state index >= 15 is 0 Å². The van der Waals surface area contributed by atoms with E-state index < -0.39 is 11.6 Å². The molecule has 1 heterocycles. The van der Waals surface area contributed by atoms with Crippen molar-refractivity contribution in [1.29, 1.82) is 0 Å². The average Bonchev–Trinajstić information content (AvgIpc) is 2.53. The van der Waals surface area contributed by atoms with E-state index in [9.17, 15) is 8.78 Å². The molecule has 1 aromatic carbocycles. The van der Waals surface area contributed by atoms with Gasteiger partial charge >= 0.3 is 0 Å². The van der Waals surface area contributed by atoms with Gasteiger partial charge in [-0.1, -0.05) is 6.07 Å². The van der Waals surface area contributed by atoms with Crippen molar-refractivity contribution < 1.29 is 8.78 Å². The van der Waals surface area contributed by atoms with Gasteiger partial charge in [-0.3, -0.25) is 0 Å². The minimum atomic E-state index is -0.866. The van der Waals surface area contributed by atoms with Crippen molar-refractivity contribution in [3.8, 4) is 11.1 Å². The molecule has 1 aromatic heterocycles. The Labute approximate surface area is 97.7 Å². The zero-order chi connectivity index (χ0) is 11.0. The van der Waals surface area contributed by atoms with Gasteiger partial charge in [-0.15, -0.1) is 11.3 Å². The second kappa shape index (κ2) is 3.90. The summed E-state index contributed by atoms with van der Waals surface area (Å²) in [6, 6.07) is 3.74. The highest BCUT2D eigenvalue weighted by Crippen LogP contribution is 2.37. The SMILES string of the molecule is Nc1c(-c2ccc(F)c(F)c2)csc1Br. The van der Waals surface area contributed by atoms with E-state index in [4.69, 9.17) is 5.73 Å². The molecule has 0 saturated carbocycles. The summed E-state index contributed by atoms with van der Waals surface area (Å²) in [7, 11) is 0. The summed E-state index contributed by atoms with van der Waals surface area (Å²) < 4.78 is 26.5. The van der Waals surface area contributed by atoms with Crippen molar-refractivity contribution in [2.45, 2.75) is 0 Å². The van der Waals surface area contributed by atoms with E-state index in [1.54, 1.807) is 5.38 Å². The van der Waals surface area contributed by atoms with Crippen LogP contribution in [0.3, 0.4) is 0 Å². The molecule has 0 aliphatic heterocycles. The summed E-state index contributed by atoms with van der Waals surface area (Å²) in [6.07, 6.45) is 0. The summed E-state index contributed by atoms with van der Waals surface area (Å²) in [6.45, 7) is 0. The van der Waals surface area contributed by atoms with Crippen molar-refractivity contribution in [1.82, 2.24) is 0 Å². The average molecular weight is 290 g/mol. The lowest BCUT2D eigenvalue weighted by Gasteiger charge is -2.01. The first-order valence-corrected chi connectivity index (χ1v) is 5.74. The fourth-order valence-corrected chi connectivity index (χ4v) is 2.45. The summed E-state index contributed by atoms with van der Waals surface area (Å²) in [5, 5.41) is 1.80. The molecule has 2 aromatic rings. The number of nitrogen functional groups attached to an aromatic ring is 1. The van der Waals surface area contributed by atoms with Gasteiger partial charge in [0, 0.05) is 10.9 Å². The highest BCUT2D eigenvalue weighted by Gasteiger charge is 2.10. The van der Waals surface area contributed by atoms with Crippen molar-refractivity contribution >= 4 is 33.0 Å². The second-order valence-corrected chi connectivity index (χ2v) is 5.16. The summed E-state index contributed by atoms with van der Waals surface area (Å²) in [5.41, 5.74) is 7.61. The van der Waals surface area contributed by atoms with Gasteiger partial charge in [-0.25, -0.2) is 8.78 Å². The van der Waals surface area contributed by atoms with Crippen LogP contribution in [0.5, 0.6) is 0 Å². The Kier molecular flexibility index (Phi) is 2.75. The molecule has 15 heavy (non-hydrogen) atoms. The number of hydrogen-bond acceptors (Lipinski definition) is 2. The highest BCUT2D eigenvalue weighted by atomic mass is 79.9. The number of nitrogens with two attached hydrogens (primary N) is 1. The summed E-state index contributed by atoms with van der Waals surface area (Å²) in [4.78, 5) is 0. The third-order valence-corrected chi connectivity index (χ3v) is 3.78. The van der Waals surface area contributed by atoms with Gasteiger partial charge in [-0.2, -0.15) is 0 Å². The largest absolute Gasteiger partial charge is 0.397 e. The molecule has 0 unspecified atom stereocenters. The lowest BCUT2D eigenvalue weighted by Crippen LogP contribution is -1.88. The predicted octanol–water partition coefficient (Wildman–Crippen LogP) is 4.04. The number of thiophene rings is 1. The van der Waals surface area contributed by atoms with Crippen LogP contribution in [0.25, 0.3) is 11.1 Å². The smallest absolute Gasteiger partial charge is 0.159 e. The van der Waals surface area contributed by atoms with Gasteiger partial charge in [-0.05, 0) is 33.6 Å². The monoisotopic (exact) mass is 289 g/mol. The Balaban J connectivity index is 2.55. The van der Waals surface area contributed by atoms with Gasteiger partial charge in [0.25, 0.3) is 0 Å². The van der Waals surface area contributed by atoms with Gasteiger partial charge in [0.2, 0.25) is 0 Å². The molecule has 0 amide bonds. The van der Waals surface area contributed by atoms with Crippen molar-refractivity contribution in [3.63, 3.8) is 0 Å². The van der Waals surface area contributed by atoms with E-state index in [-0.39, 0.29) is 0 Å². The van der Waals surface area contributed by atoms with Crippen LogP contribution in [0.15, 0.2) is 27.4 Å². The molecular weight excluding hydrogens is 284 g/mol. The third-order valence-electron chi connectivity index (χ3n) is 2.01. The number of halogens is 3. The molecule has 0 spiro atoms. The normalized spacial score (nSPS) is 10.6. The molecule has 78 valence electrons. The van der Waals surface area contributed by atoms with Gasteiger partial charge < -0.3 is 5.73 Å². The minimum absolute atomic E-state index is 0.547. The first kappa shape index (κ1) is 10.6. The lowest BCUT2D eigenvalue weighted by atomic mass is 10.1. The molecule has 0 bridgehead atoms. The molecular formula is C10H6BrF2NS. The van der Waals surface area contributed by atoms with Crippen LogP contribution in [0, 0.1) is 11.6 Å². The molecule has 1 nitrogen and oxygen atoms in total. The number of hydrogen-bond donors (Lipinski definition) is 1. The van der Waals surface area contributed by atoms with Crippen LogP contribution in [-0.4, -0.2) is 0 Å². The Morgan fingerprint density at radius 2 is 1.93 bits per heavy atom. The van der Waals surface area contributed by atoms with Crippen molar-refractivity contribution in [2.75, 3.05) is 5.73 Å². The highest BCUT2D eigenvalue weighted by molar-refractivity contribution is 9.11. The van der Waals surface area contributed by atoms with E-state index in [1.807, 2.05) is 0 Å². The van der Waals surface area contributed by atoms with Crippen molar-refractivity contribution in [3.05, 3.63) is 39.0 Å². The van der Waals surface area contributed by atoms with Gasteiger partial charge in [0.1, 0.15) is 0 Å². The molecule has 2 N–H and O–H groups in total. The molecule has 0 aliphatic rings. The molecule has 0 radical (unpaired) electrons. The maximum atomic E-state index is 13.0. The summed E-state index contributed by atoms with van der Waals surface area (Å²) >= 11 is 4.68. The van der Waals surface area contributed by atoms with Crippen LogP contribution >= 0.6 is 27.3 Å². The number of benzene rings is 1. The maximum absolute atomic E-state index is 13.0.